The van der Waals surface area contributed by atoms with Crippen LogP contribution >= 0.6 is 0 Å². The van der Waals surface area contributed by atoms with E-state index in [4.69, 9.17) is 10.00 Å². The summed E-state index contributed by atoms with van der Waals surface area (Å²) in [6.07, 6.45) is 3.10. The summed E-state index contributed by atoms with van der Waals surface area (Å²) < 4.78 is 59.3. The van der Waals surface area contributed by atoms with Crippen LogP contribution in [0.15, 0.2) is 24.3 Å². The topological polar surface area (TPSA) is 33.0 Å². The number of hydrogen-bond acceptors (Lipinski definition) is 2. The number of hydrogen-bond donors (Lipinski definition) is 0. The van der Waals surface area contributed by atoms with Crippen molar-refractivity contribution in [1.29, 1.82) is 5.26 Å². The maximum atomic E-state index is 13.6. The van der Waals surface area contributed by atoms with Crippen LogP contribution in [0.4, 0.5) is 17.6 Å². The maximum Gasteiger partial charge on any atom is 0.264 e. The largest absolute Gasteiger partial charge is 0.367 e. The summed E-state index contributed by atoms with van der Waals surface area (Å²) in [5.41, 5.74) is -0.585. The first kappa shape index (κ1) is 19.5. The van der Waals surface area contributed by atoms with Crippen molar-refractivity contribution >= 4 is 0 Å². The number of allylic oxidation sites excluding steroid dienone is 2. The summed E-state index contributed by atoms with van der Waals surface area (Å²) in [6, 6.07) is 3.33. The summed E-state index contributed by atoms with van der Waals surface area (Å²) in [7, 11) is 0. The van der Waals surface area contributed by atoms with Gasteiger partial charge in [-0.25, -0.2) is 17.6 Å². The lowest BCUT2D eigenvalue weighted by Crippen LogP contribution is -2.33. The second kappa shape index (κ2) is 9.00. The molecule has 6 heteroatoms. The van der Waals surface area contributed by atoms with Crippen molar-refractivity contribution < 1.29 is 22.3 Å². The molecule has 2 rings (SSSR count). The number of alkyl halides is 2. The predicted molar refractivity (Wildman–Crippen MR) is 85.9 cm³/mol. The van der Waals surface area contributed by atoms with Gasteiger partial charge in [-0.05, 0) is 62.1 Å². The number of benzene rings is 1. The summed E-state index contributed by atoms with van der Waals surface area (Å²) in [6.45, 7) is 1.62. The van der Waals surface area contributed by atoms with E-state index in [1.165, 1.54) is 6.07 Å². The van der Waals surface area contributed by atoms with Gasteiger partial charge < -0.3 is 4.74 Å². The smallest absolute Gasteiger partial charge is 0.264 e. The Bertz CT molecular complexity index is 622. The molecule has 1 aliphatic carbocycles. The molecule has 25 heavy (non-hydrogen) atoms. The van der Waals surface area contributed by atoms with E-state index in [0.717, 1.165) is 25.0 Å². The Hall–Kier alpha value is -1.87. The highest BCUT2D eigenvalue weighted by molar-refractivity contribution is 5.34. The molecule has 0 radical (unpaired) electrons. The summed E-state index contributed by atoms with van der Waals surface area (Å²) >= 11 is 0. The molecule has 1 unspecified atom stereocenters. The average molecular weight is 355 g/mol. The van der Waals surface area contributed by atoms with E-state index in [1.54, 1.807) is 0 Å². The zero-order valence-corrected chi connectivity index (χ0v) is 14.0. The van der Waals surface area contributed by atoms with Gasteiger partial charge in [-0.3, -0.25) is 0 Å². The van der Waals surface area contributed by atoms with Crippen LogP contribution in [0.1, 0.15) is 43.7 Å². The summed E-state index contributed by atoms with van der Waals surface area (Å²) in [5.74, 6) is -1.88. The number of halogens is 4. The van der Waals surface area contributed by atoms with Crippen molar-refractivity contribution in [1.82, 2.24) is 0 Å². The molecule has 1 atom stereocenters. The molecule has 1 fully saturated rings. The highest BCUT2D eigenvalue weighted by Crippen LogP contribution is 2.35. The van der Waals surface area contributed by atoms with Crippen molar-refractivity contribution in [2.45, 2.75) is 51.7 Å². The van der Waals surface area contributed by atoms with Crippen LogP contribution in [0.3, 0.4) is 0 Å². The van der Waals surface area contributed by atoms with Gasteiger partial charge in [0.05, 0.1) is 6.61 Å². The van der Waals surface area contributed by atoms with Crippen molar-refractivity contribution in [3.05, 3.63) is 47.0 Å². The van der Waals surface area contributed by atoms with Crippen LogP contribution < -0.4 is 0 Å². The van der Waals surface area contributed by atoms with Crippen molar-refractivity contribution in [3.8, 4) is 6.07 Å². The molecule has 2 nitrogen and oxygen atoms in total. The van der Waals surface area contributed by atoms with Crippen LogP contribution in [-0.4, -0.2) is 12.5 Å². The second-order valence-corrected chi connectivity index (χ2v) is 6.36. The van der Waals surface area contributed by atoms with E-state index in [0.29, 0.717) is 18.8 Å². The van der Waals surface area contributed by atoms with E-state index >= 15 is 0 Å². The number of nitrogens with zero attached hydrogens (tertiary/aromatic N) is 1. The van der Waals surface area contributed by atoms with Gasteiger partial charge in [0.25, 0.3) is 6.43 Å². The first-order chi connectivity index (χ1) is 12.0. The molecule has 1 aromatic rings. The van der Waals surface area contributed by atoms with Gasteiger partial charge in [0.15, 0.2) is 0 Å². The molecular weight excluding hydrogens is 334 g/mol. The normalized spacial score (nSPS) is 22.3. The van der Waals surface area contributed by atoms with E-state index < -0.39 is 29.7 Å². The molecule has 0 heterocycles. The molecule has 0 N–H and O–H groups in total. The number of rotatable bonds is 6. The third-order valence-corrected chi connectivity index (χ3v) is 4.65. The van der Waals surface area contributed by atoms with Crippen molar-refractivity contribution in [3.63, 3.8) is 0 Å². The molecule has 136 valence electrons. The Morgan fingerprint density at radius 2 is 1.80 bits per heavy atom. The number of ether oxygens (including phenoxy) is 1. The van der Waals surface area contributed by atoms with Crippen LogP contribution in [0.2, 0.25) is 0 Å². The third kappa shape index (κ3) is 5.05. The lowest BCUT2D eigenvalue weighted by atomic mass is 9.79. The van der Waals surface area contributed by atoms with Gasteiger partial charge in [0.1, 0.15) is 29.4 Å². The molecular formula is C19H21F4NO. The molecule has 0 spiro atoms. The van der Waals surface area contributed by atoms with E-state index in [2.05, 4.69) is 6.08 Å². The third-order valence-electron chi connectivity index (χ3n) is 4.65. The standard InChI is InChI=1S/C19H21F4NO/c1-2-3-12-4-6-14(7-5-12)18(19(22)23)25-11-13-8-16(20)15(10-24)17(21)9-13/h2-3,8-9,12,14,18-19H,4-7,11H2,1H3/b3-2+. The lowest BCUT2D eigenvalue weighted by Gasteiger charge is -2.32. The first-order valence-corrected chi connectivity index (χ1v) is 8.36. The monoisotopic (exact) mass is 355 g/mol. The van der Waals surface area contributed by atoms with Gasteiger partial charge >= 0.3 is 0 Å². The minimum Gasteiger partial charge on any atom is -0.367 e. The molecule has 0 amide bonds. The molecule has 0 bridgehead atoms. The Labute approximate surface area is 145 Å². The van der Waals surface area contributed by atoms with Crippen LogP contribution in [0.5, 0.6) is 0 Å². The molecule has 0 saturated heterocycles. The summed E-state index contributed by atoms with van der Waals surface area (Å²) in [5, 5.41) is 8.65. The fraction of sp³-hybridized carbons (Fsp3) is 0.526. The van der Waals surface area contributed by atoms with Gasteiger partial charge in [-0.1, -0.05) is 12.2 Å². The fourth-order valence-corrected chi connectivity index (χ4v) is 3.36. The second-order valence-electron chi connectivity index (χ2n) is 6.36. The van der Waals surface area contributed by atoms with Gasteiger partial charge in [0.2, 0.25) is 0 Å². The quantitative estimate of drug-likeness (QED) is 0.508. The minimum absolute atomic E-state index is 0.0993. The number of nitriles is 1. The lowest BCUT2D eigenvalue weighted by molar-refractivity contribution is -0.101. The molecule has 0 aliphatic heterocycles. The Morgan fingerprint density at radius 3 is 2.28 bits per heavy atom. The van der Waals surface area contributed by atoms with Crippen LogP contribution in [-0.2, 0) is 11.3 Å². The highest BCUT2D eigenvalue weighted by atomic mass is 19.3. The molecule has 1 aliphatic rings. The SMILES string of the molecule is C/C=C/C1CCC(C(OCc2cc(F)c(C#N)c(F)c2)C(F)F)CC1. The van der Waals surface area contributed by atoms with Gasteiger partial charge in [-0.15, -0.1) is 0 Å². The molecule has 0 aromatic heterocycles. The predicted octanol–water partition coefficient (Wildman–Crippen LogP) is 5.37. The first-order valence-electron chi connectivity index (χ1n) is 8.36. The molecule has 1 saturated carbocycles. The zero-order chi connectivity index (χ0) is 18.4. The maximum absolute atomic E-state index is 13.6. The van der Waals surface area contributed by atoms with Crippen LogP contribution in [0.25, 0.3) is 0 Å². The van der Waals surface area contributed by atoms with E-state index in [-0.39, 0.29) is 18.1 Å². The Balaban J connectivity index is 2.00. The van der Waals surface area contributed by atoms with E-state index in [1.807, 2.05) is 13.0 Å². The van der Waals surface area contributed by atoms with Crippen molar-refractivity contribution in [2.24, 2.45) is 11.8 Å². The van der Waals surface area contributed by atoms with Gasteiger partial charge in [0, 0.05) is 0 Å². The minimum atomic E-state index is -2.66. The van der Waals surface area contributed by atoms with Gasteiger partial charge in [-0.2, -0.15) is 5.26 Å². The Kier molecular flexibility index (Phi) is 7.01. The highest BCUT2D eigenvalue weighted by Gasteiger charge is 2.33. The fourth-order valence-electron chi connectivity index (χ4n) is 3.36. The Morgan fingerprint density at radius 1 is 1.20 bits per heavy atom. The molecule has 1 aromatic carbocycles. The zero-order valence-electron chi connectivity index (χ0n) is 14.0. The average Bonchev–Trinajstić information content (AvgIpc) is 2.56. The van der Waals surface area contributed by atoms with Crippen LogP contribution in [0, 0.1) is 34.8 Å². The van der Waals surface area contributed by atoms with Crippen molar-refractivity contribution in [2.75, 3.05) is 0 Å². The van der Waals surface area contributed by atoms with E-state index in [9.17, 15) is 17.6 Å². The summed E-state index contributed by atoms with van der Waals surface area (Å²) in [4.78, 5) is 0.